The van der Waals surface area contributed by atoms with Gasteiger partial charge >= 0.3 is 0 Å². The molecular weight excluding hydrogens is 349 g/mol. The van der Waals surface area contributed by atoms with Crippen LogP contribution < -0.4 is 4.72 Å². The summed E-state index contributed by atoms with van der Waals surface area (Å²) in [5.41, 5.74) is 0.800. The zero-order valence-electron chi connectivity index (χ0n) is 10.9. The van der Waals surface area contributed by atoms with Gasteiger partial charge < -0.3 is 4.57 Å². The number of benzene rings is 1. The third-order valence-corrected chi connectivity index (χ3v) is 4.62. The van der Waals surface area contributed by atoms with Gasteiger partial charge in [-0.05, 0) is 47.5 Å². The second kappa shape index (κ2) is 5.53. The molecule has 0 aliphatic carbocycles. The van der Waals surface area contributed by atoms with E-state index in [-0.39, 0.29) is 9.50 Å². The highest BCUT2D eigenvalue weighted by molar-refractivity contribution is 9.10. The van der Waals surface area contributed by atoms with Crippen LogP contribution in [0.2, 0.25) is 0 Å². The predicted molar refractivity (Wildman–Crippen MR) is 77.5 cm³/mol. The van der Waals surface area contributed by atoms with Crippen molar-refractivity contribution in [3.05, 3.63) is 40.5 Å². The zero-order chi connectivity index (χ0) is 14.9. The molecule has 0 spiro atoms. The molecule has 0 atom stereocenters. The van der Waals surface area contributed by atoms with Gasteiger partial charge in [0.25, 0.3) is 10.0 Å². The molecular formula is C12H13BrFN3O2S. The second-order valence-electron chi connectivity index (χ2n) is 4.23. The minimum Gasteiger partial charge on any atom is -0.336 e. The number of halogens is 2. The van der Waals surface area contributed by atoms with Gasteiger partial charge in [-0.3, -0.25) is 4.72 Å². The summed E-state index contributed by atoms with van der Waals surface area (Å²) < 4.78 is 41.9. The molecule has 0 fully saturated rings. The number of hydrogen-bond acceptors (Lipinski definition) is 3. The van der Waals surface area contributed by atoms with Crippen LogP contribution in [0.25, 0.3) is 0 Å². The Morgan fingerprint density at radius 3 is 2.75 bits per heavy atom. The summed E-state index contributed by atoms with van der Waals surface area (Å²) in [5.74, 6) is -0.444. The van der Waals surface area contributed by atoms with Crippen molar-refractivity contribution >= 4 is 31.6 Å². The normalized spacial score (nSPS) is 11.6. The zero-order valence-corrected chi connectivity index (χ0v) is 13.3. The molecule has 1 N–H and O–H groups in total. The SMILES string of the molecule is CCn1cnc(S(=O)(=O)Nc2cc(Br)c(F)cc2C)c1. The number of imidazole rings is 1. The highest BCUT2D eigenvalue weighted by Gasteiger charge is 2.19. The molecule has 0 aliphatic heterocycles. The number of anilines is 1. The second-order valence-corrected chi connectivity index (χ2v) is 6.71. The Morgan fingerprint density at radius 2 is 2.15 bits per heavy atom. The van der Waals surface area contributed by atoms with Crippen molar-refractivity contribution in [3.8, 4) is 0 Å². The predicted octanol–water partition coefficient (Wildman–Crippen LogP) is 2.91. The molecule has 2 aromatic rings. The minimum atomic E-state index is -3.78. The monoisotopic (exact) mass is 361 g/mol. The van der Waals surface area contributed by atoms with Crippen LogP contribution in [0.3, 0.4) is 0 Å². The number of nitrogens with one attached hydrogen (secondary N) is 1. The molecule has 1 aromatic carbocycles. The molecule has 5 nitrogen and oxygen atoms in total. The van der Waals surface area contributed by atoms with Gasteiger partial charge in [-0.25, -0.2) is 9.37 Å². The lowest BCUT2D eigenvalue weighted by atomic mass is 10.2. The van der Waals surface area contributed by atoms with Crippen LogP contribution in [0.5, 0.6) is 0 Å². The van der Waals surface area contributed by atoms with E-state index >= 15 is 0 Å². The summed E-state index contributed by atoms with van der Waals surface area (Å²) >= 11 is 3.03. The van der Waals surface area contributed by atoms with Gasteiger partial charge in [0.05, 0.1) is 16.5 Å². The maximum absolute atomic E-state index is 13.3. The van der Waals surface area contributed by atoms with E-state index in [1.165, 1.54) is 24.7 Å². The fraction of sp³-hybridized carbons (Fsp3) is 0.250. The van der Waals surface area contributed by atoms with Crippen molar-refractivity contribution in [2.45, 2.75) is 25.4 Å². The molecule has 0 amide bonds. The maximum Gasteiger partial charge on any atom is 0.280 e. The van der Waals surface area contributed by atoms with Gasteiger partial charge in [0.1, 0.15) is 5.82 Å². The Morgan fingerprint density at radius 1 is 1.45 bits per heavy atom. The van der Waals surface area contributed by atoms with Crippen molar-refractivity contribution in [1.29, 1.82) is 0 Å². The molecule has 0 saturated carbocycles. The van der Waals surface area contributed by atoms with Gasteiger partial charge in [0, 0.05) is 12.7 Å². The quantitative estimate of drug-likeness (QED) is 0.910. The van der Waals surface area contributed by atoms with E-state index in [0.29, 0.717) is 17.8 Å². The third kappa shape index (κ3) is 3.01. The Labute approximate surface area is 125 Å². The van der Waals surface area contributed by atoms with Gasteiger partial charge in [-0.2, -0.15) is 8.42 Å². The summed E-state index contributed by atoms with van der Waals surface area (Å²) in [4.78, 5) is 3.85. The van der Waals surface area contributed by atoms with E-state index in [4.69, 9.17) is 0 Å². The van der Waals surface area contributed by atoms with Crippen molar-refractivity contribution in [3.63, 3.8) is 0 Å². The first kappa shape index (κ1) is 15.0. The summed E-state index contributed by atoms with van der Waals surface area (Å²) in [7, 11) is -3.78. The Balaban J connectivity index is 2.35. The fourth-order valence-corrected chi connectivity index (χ4v) is 3.02. The molecule has 0 radical (unpaired) electrons. The van der Waals surface area contributed by atoms with Crippen molar-refractivity contribution in [2.75, 3.05) is 4.72 Å². The van der Waals surface area contributed by atoms with E-state index in [1.807, 2.05) is 6.92 Å². The lowest BCUT2D eigenvalue weighted by Gasteiger charge is -2.10. The van der Waals surface area contributed by atoms with Crippen molar-refractivity contribution in [2.24, 2.45) is 0 Å². The third-order valence-electron chi connectivity index (χ3n) is 2.76. The lowest BCUT2D eigenvalue weighted by molar-refractivity contribution is 0.597. The van der Waals surface area contributed by atoms with E-state index in [2.05, 4.69) is 25.6 Å². The fourth-order valence-electron chi connectivity index (χ4n) is 1.60. The van der Waals surface area contributed by atoms with Gasteiger partial charge in [-0.1, -0.05) is 0 Å². The van der Waals surface area contributed by atoms with Crippen molar-refractivity contribution < 1.29 is 12.8 Å². The molecule has 0 bridgehead atoms. The first-order valence-electron chi connectivity index (χ1n) is 5.83. The summed E-state index contributed by atoms with van der Waals surface area (Å²) in [6.45, 7) is 4.13. The van der Waals surface area contributed by atoms with E-state index in [9.17, 15) is 12.8 Å². The minimum absolute atomic E-state index is 0.0702. The number of hydrogen-bond donors (Lipinski definition) is 1. The molecule has 2 rings (SSSR count). The van der Waals surface area contributed by atoms with Crippen LogP contribution in [0.4, 0.5) is 10.1 Å². The highest BCUT2D eigenvalue weighted by Crippen LogP contribution is 2.26. The van der Waals surface area contributed by atoms with E-state index in [0.717, 1.165) is 0 Å². The van der Waals surface area contributed by atoms with E-state index < -0.39 is 15.8 Å². The number of aryl methyl sites for hydroxylation is 2. The highest BCUT2D eigenvalue weighted by atomic mass is 79.9. The van der Waals surface area contributed by atoms with Crippen molar-refractivity contribution in [1.82, 2.24) is 9.55 Å². The average Bonchev–Trinajstić information content (AvgIpc) is 2.85. The molecule has 0 unspecified atom stereocenters. The molecule has 108 valence electrons. The first-order valence-corrected chi connectivity index (χ1v) is 8.11. The van der Waals surface area contributed by atoms with Crippen LogP contribution in [0.1, 0.15) is 12.5 Å². The van der Waals surface area contributed by atoms with E-state index in [1.54, 1.807) is 11.5 Å². The molecule has 8 heteroatoms. The molecule has 1 heterocycles. The summed E-state index contributed by atoms with van der Waals surface area (Å²) in [5, 5.41) is -0.0702. The smallest absolute Gasteiger partial charge is 0.280 e. The Hall–Kier alpha value is -1.41. The summed E-state index contributed by atoms with van der Waals surface area (Å²) in [6, 6.07) is 2.64. The Kier molecular flexibility index (Phi) is 4.14. The number of sulfonamides is 1. The van der Waals surface area contributed by atoms with Crippen LogP contribution in [-0.4, -0.2) is 18.0 Å². The average molecular weight is 362 g/mol. The van der Waals surface area contributed by atoms with Crippen LogP contribution in [0.15, 0.2) is 34.2 Å². The first-order chi connectivity index (χ1) is 9.33. The van der Waals surface area contributed by atoms with Crippen LogP contribution in [0, 0.1) is 12.7 Å². The van der Waals surface area contributed by atoms with Gasteiger partial charge in [0.2, 0.25) is 0 Å². The lowest BCUT2D eigenvalue weighted by Crippen LogP contribution is -2.14. The van der Waals surface area contributed by atoms with Gasteiger partial charge in [-0.15, -0.1) is 0 Å². The van der Waals surface area contributed by atoms with Crippen LogP contribution >= 0.6 is 15.9 Å². The number of aromatic nitrogens is 2. The van der Waals surface area contributed by atoms with Gasteiger partial charge in [0.15, 0.2) is 5.03 Å². The standard InChI is InChI=1S/C12H13BrFN3O2S/c1-3-17-6-12(15-7-17)20(18,19)16-11-5-9(13)10(14)4-8(11)2/h4-7,16H,3H2,1-2H3. The molecule has 0 aliphatic rings. The Bertz CT molecular complexity index is 743. The van der Waals surface area contributed by atoms with Crippen LogP contribution in [-0.2, 0) is 16.6 Å². The number of rotatable bonds is 4. The molecule has 1 aromatic heterocycles. The molecule has 0 saturated heterocycles. The summed E-state index contributed by atoms with van der Waals surface area (Å²) in [6.07, 6.45) is 2.89. The molecule has 20 heavy (non-hydrogen) atoms. The largest absolute Gasteiger partial charge is 0.336 e. The number of nitrogens with zero attached hydrogens (tertiary/aromatic N) is 2. The topological polar surface area (TPSA) is 64.0 Å². The maximum atomic E-state index is 13.3.